The summed E-state index contributed by atoms with van der Waals surface area (Å²) in [6.45, 7) is 1.63. The van der Waals surface area contributed by atoms with Gasteiger partial charge in [0.1, 0.15) is 0 Å². The van der Waals surface area contributed by atoms with Crippen LogP contribution in [0.2, 0.25) is 0 Å². The molecule has 0 saturated heterocycles. The van der Waals surface area contributed by atoms with Crippen molar-refractivity contribution in [3.63, 3.8) is 0 Å². The molecule has 0 saturated carbocycles. The summed E-state index contributed by atoms with van der Waals surface area (Å²) in [6, 6.07) is 6.42. The van der Waals surface area contributed by atoms with Gasteiger partial charge in [-0.15, -0.1) is 0 Å². The Kier molecular flexibility index (Phi) is 3.82. The highest BCUT2D eigenvalue weighted by Crippen LogP contribution is 2.13. The molecule has 0 unspecified atom stereocenters. The molecule has 19 heavy (non-hydrogen) atoms. The van der Waals surface area contributed by atoms with Crippen LogP contribution >= 0.6 is 0 Å². The molecule has 102 valence electrons. The van der Waals surface area contributed by atoms with Crippen LogP contribution in [0.5, 0.6) is 0 Å². The number of nitrogens with one attached hydrogen (secondary N) is 2. The van der Waals surface area contributed by atoms with Crippen molar-refractivity contribution in [1.29, 1.82) is 0 Å². The summed E-state index contributed by atoms with van der Waals surface area (Å²) in [7, 11) is -1.81. The topological polar surface area (TPSA) is 97.1 Å². The van der Waals surface area contributed by atoms with Crippen LogP contribution in [0.25, 0.3) is 0 Å². The van der Waals surface area contributed by atoms with Gasteiger partial charge in [-0.25, -0.2) is 13.1 Å². The third-order valence-corrected chi connectivity index (χ3v) is 3.86. The Hall–Kier alpha value is -1.93. The van der Waals surface area contributed by atoms with Crippen molar-refractivity contribution in [3.8, 4) is 0 Å². The van der Waals surface area contributed by atoms with Crippen LogP contribution in [0.15, 0.2) is 33.7 Å². The summed E-state index contributed by atoms with van der Waals surface area (Å²) in [6.07, 6.45) is 0. The minimum atomic E-state index is -3.57. The molecule has 0 amide bonds. The summed E-state index contributed by atoms with van der Waals surface area (Å²) < 4.78 is 31.2. The van der Waals surface area contributed by atoms with Gasteiger partial charge in [-0.2, -0.15) is 4.98 Å². The number of anilines is 1. The first kappa shape index (κ1) is 13.5. The van der Waals surface area contributed by atoms with E-state index in [2.05, 4.69) is 20.2 Å². The summed E-state index contributed by atoms with van der Waals surface area (Å²) in [4.78, 5) is 4.11. The fourth-order valence-corrected chi connectivity index (χ4v) is 2.44. The quantitative estimate of drug-likeness (QED) is 0.845. The molecule has 0 atom stereocenters. The number of hydrogen-bond acceptors (Lipinski definition) is 6. The van der Waals surface area contributed by atoms with E-state index in [4.69, 9.17) is 4.52 Å². The Morgan fingerprint density at radius 1 is 1.26 bits per heavy atom. The molecule has 1 aromatic carbocycles. The molecule has 1 aromatic heterocycles. The maximum atomic E-state index is 12.0. The first-order valence-corrected chi connectivity index (χ1v) is 7.06. The second kappa shape index (κ2) is 5.37. The minimum absolute atomic E-state index is 0.00650. The molecule has 8 heteroatoms. The number of sulfonamides is 1. The third-order valence-electron chi connectivity index (χ3n) is 2.44. The molecule has 0 aliphatic rings. The van der Waals surface area contributed by atoms with Gasteiger partial charge in [-0.1, -0.05) is 5.16 Å². The van der Waals surface area contributed by atoms with Crippen LogP contribution < -0.4 is 10.0 Å². The molecule has 2 aromatic rings. The van der Waals surface area contributed by atoms with Crippen molar-refractivity contribution in [3.05, 3.63) is 36.0 Å². The van der Waals surface area contributed by atoms with Crippen LogP contribution in [0, 0.1) is 6.92 Å². The van der Waals surface area contributed by atoms with E-state index in [0.717, 1.165) is 5.69 Å². The van der Waals surface area contributed by atoms with E-state index in [0.29, 0.717) is 11.7 Å². The Morgan fingerprint density at radius 3 is 2.47 bits per heavy atom. The van der Waals surface area contributed by atoms with Gasteiger partial charge in [0.15, 0.2) is 5.82 Å². The van der Waals surface area contributed by atoms with Crippen molar-refractivity contribution in [2.24, 2.45) is 0 Å². The van der Waals surface area contributed by atoms with E-state index in [-0.39, 0.29) is 11.4 Å². The van der Waals surface area contributed by atoms with E-state index < -0.39 is 10.0 Å². The van der Waals surface area contributed by atoms with Crippen molar-refractivity contribution in [2.45, 2.75) is 18.4 Å². The molecule has 2 N–H and O–H groups in total. The lowest BCUT2D eigenvalue weighted by Crippen LogP contribution is -2.23. The average Bonchev–Trinajstić information content (AvgIpc) is 2.82. The van der Waals surface area contributed by atoms with Crippen LogP contribution in [-0.2, 0) is 16.6 Å². The molecule has 7 nitrogen and oxygen atoms in total. The fourth-order valence-electron chi connectivity index (χ4n) is 1.46. The number of benzene rings is 1. The van der Waals surface area contributed by atoms with Crippen LogP contribution in [0.1, 0.15) is 11.7 Å². The molecule has 0 aliphatic carbocycles. The van der Waals surface area contributed by atoms with Gasteiger partial charge in [0, 0.05) is 19.7 Å². The third kappa shape index (κ3) is 3.30. The Bertz CT molecular complexity index is 649. The van der Waals surface area contributed by atoms with Crippen molar-refractivity contribution < 1.29 is 12.9 Å². The number of aromatic nitrogens is 2. The summed E-state index contributed by atoms with van der Waals surface area (Å²) >= 11 is 0. The van der Waals surface area contributed by atoms with Gasteiger partial charge in [0.25, 0.3) is 0 Å². The standard InChI is InChI=1S/C11H14N4O3S/c1-8-14-11(15-18-8)7-13-19(16,17)10-5-3-9(12-2)4-6-10/h3-6,12-13H,7H2,1-2H3. The van der Waals surface area contributed by atoms with Crippen molar-refractivity contribution in [2.75, 3.05) is 12.4 Å². The van der Waals surface area contributed by atoms with Gasteiger partial charge in [0.2, 0.25) is 15.9 Å². The van der Waals surface area contributed by atoms with Gasteiger partial charge in [-0.05, 0) is 24.3 Å². The van der Waals surface area contributed by atoms with Crippen molar-refractivity contribution in [1.82, 2.24) is 14.9 Å². The Labute approximate surface area is 111 Å². The molecule has 1 heterocycles. The second-order valence-electron chi connectivity index (χ2n) is 3.83. The zero-order valence-corrected chi connectivity index (χ0v) is 11.4. The van der Waals surface area contributed by atoms with Gasteiger partial charge in [-0.3, -0.25) is 0 Å². The molecule has 0 bridgehead atoms. The van der Waals surface area contributed by atoms with Crippen LogP contribution in [-0.4, -0.2) is 25.6 Å². The molecule has 0 fully saturated rings. The zero-order valence-electron chi connectivity index (χ0n) is 10.5. The summed E-state index contributed by atoms with van der Waals surface area (Å²) in [5.74, 6) is 0.695. The zero-order chi connectivity index (χ0) is 13.9. The largest absolute Gasteiger partial charge is 0.388 e. The summed E-state index contributed by atoms with van der Waals surface area (Å²) in [5, 5.41) is 6.54. The van der Waals surface area contributed by atoms with Crippen LogP contribution in [0.3, 0.4) is 0 Å². The maximum Gasteiger partial charge on any atom is 0.240 e. The molecule has 2 rings (SSSR count). The minimum Gasteiger partial charge on any atom is -0.388 e. The summed E-state index contributed by atoms with van der Waals surface area (Å²) in [5.41, 5.74) is 0.841. The highest BCUT2D eigenvalue weighted by atomic mass is 32.2. The fraction of sp³-hybridized carbons (Fsp3) is 0.273. The molecule has 0 aliphatic heterocycles. The first-order chi connectivity index (χ1) is 9.01. The predicted octanol–water partition coefficient (Wildman–Crippen LogP) is 0.898. The smallest absolute Gasteiger partial charge is 0.240 e. The lowest BCUT2D eigenvalue weighted by atomic mass is 10.3. The van der Waals surface area contributed by atoms with Gasteiger partial charge in [0.05, 0.1) is 11.4 Å². The van der Waals surface area contributed by atoms with Gasteiger partial charge >= 0.3 is 0 Å². The second-order valence-corrected chi connectivity index (χ2v) is 5.60. The van der Waals surface area contributed by atoms with Gasteiger partial charge < -0.3 is 9.84 Å². The van der Waals surface area contributed by atoms with E-state index >= 15 is 0 Å². The lowest BCUT2D eigenvalue weighted by molar-refractivity contribution is 0.387. The maximum absolute atomic E-state index is 12.0. The lowest BCUT2D eigenvalue weighted by Gasteiger charge is -2.05. The van der Waals surface area contributed by atoms with E-state index in [1.807, 2.05) is 0 Å². The average molecular weight is 282 g/mol. The Morgan fingerprint density at radius 2 is 1.95 bits per heavy atom. The van der Waals surface area contributed by atoms with E-state index in [1.165, 1.54) is 12.1 Å². The normalized spacial score (nSPS) is 11.5. The Balaban J connectivity index is 2.09. The SMILES string of the molecule is CNc1ccc(S(=O)(=O)NCc2noc(C)n2)cc1. The first-order valence-electron chi connectivity index (χ1n) is 5.58. The highest BCUT2D eigenvalue weighted by molar-refractivity contribution is 7.89. The molecule has 0 spiro atoms. The number of nitrogens with zero attached hydrogens (tertiary/aromatic N) is 2. The monoisotopic (exact) mass is 282 g/mol. The number of rotatable bonds is 5. The highest BCUT2D eigenvalue weighted by Gasteiger charge is 2.14. The molecular formula is C11H14N4O3S. The van der Waals surface area contributed by atoms with E-state index in [9.17, 15) is 8.42 Å². The van der Waals surface area contributed by atoms with Crippen LogP contribution in [0.4, 0.5) is 5.69 Å². The van der Waals surface area contributed by atoms with E-state index in [1.54, 1.807) is 26.1 Å². The molecular weight excluding hydrogens is 268 g/mol. The number of hydrogen-bond donors (Lipinski definition) is 2. The van der Waals surface area contributed by atoms with Crippen molar-refractivity contribution >= 4 is 15.7 Å². The predicted molar refractivity (Wildman–Crippen MR) is 69.0 cm³/mol. The molecule has 0 radical (unpaired) electrons. The number of aryl methyl sites for hydroxylation is 1.